The minimum Gasteiger partial charge on any atom is -0.385 e. The highest BCUT2D eigenvalue weighted by atomic mass is 35.5. The average molecular weight is 427 g/mol. The third-order valence-corrected chi connectivity index (χ3v) is 5.90. The molecule has 4 aromatic rings. The van der Waals surface area contributed by atoms with Crippen molar-refractivity contribution in [2.45, 2.75) is 26.1 Å². The minimum atomic E-state index is -0.768. The maximum absolute atomic E-state index is 10.8. The number of aromatic nitrogens is 2. The van der Waals surface area contributed by atoms with Gasteiger partial charge in [-0.25, -0.2) is 9.13 Å². The number of para-hydroxylation sites is 2. The number of nitrogens with zero attached hydrogens (tertiary/aromatic N) is 2. The molecule has 1 heterocycles. The molecule has 0 radical (unpaired) electrons. The quantitative estimate of drug-likeness (QED) is 0.445. The zero-order valence-corrected chi connectivity index (χ0v) is 17.5. The molecule has 4 rings (SSSR count). The summed E-state index contributed by atoms with van der Waals surface area (Å²) in [5.41, 5.74) is 11.6. The second-order valence-corrected chi connectivity index (χ2v) is 8.03. The fourth-order valence-corrected chi connectivity index (χ4v) is 3.85. The number of anilines is 1. The van der Waals surface area contributed by atoms with Crippen molar-refractivity contribution in [3.63, 3.8) is 0 Å². The number of imidazole rings is 1. The van der Waals surface area contributed by atoms with E-state index in [1.807, 2.05) is 28.8 Å². The molecule has 3 N–H and O–H groups in total. The standard InChI is InChI=1S/C23H21Cl2N3O/c1-15-6-8-16(9-7-15)13-27-20-4-2-3-5-21(20)28(23(27)26)14-22(29)17-10-11-18(24)19(25)12-17/h2-12,22,26,29H,13-14H2,1H3/p+1. The summed E-state index contributed by atoms with van der Waals surface area (Å²) in [5.74, 6) is 0.589. The fraction of sp³-hybridized carbons (Fsp3) is 0.174. The molecule has 1 atom stereocenters. The molecular formula is C23H22Cl2N3O+. The van der Waals surface area contributed by atoms with E-state index in [-0.39, 0.29) is 0 Å². The van der Waals surface area contributed by atoms with E-state index in [1.54, 1.807) is 18.2 Å². The molecule has 1 unspecified atom stereocenters. The molecule has 0 aliphatic rings. The Morgan fingerprint density at radius 1 is 1.00 bits per heavy atom. The molecule has 148 valence electrons. The second kappa shape index (κ2) is 8.07. The van der Waals surface area contributed by atoms with Crippen LogP contribution in [-0.4, -0.2) is 9.67 Å². The average Bonchev–Trinajstić information content (AvgIpc) is 2.97. The normalized spacial score (nSPS) is 12.4. The summed E-state index contributed by atoms with van der Waals surface area (Å²) in [6.45, 7) is 3.04. The van der Waals surface area contributed by atoms with Crippen LogP contribution in [0.5, 0.6) is 0 Å². The Balaban J connectivity index is 1.71. The van der Waals surface area contributed by atoms with Crippen molar-refractivity contribution < 1.29 is 9.67 Å². The van der Waals surface area contributed by atoms with Crippen LogP contribution in [0.25, 0.3) is 11.0 Å². The third kappa shape index (κ3) is 3.97. The Morgan fingerprint density at radius 3 is 2.45 bits per heavy atom. The molecule has 1 aromatic heterocycles. The Hall–Kier alpha value is -2.53. The summed E-state index contributed by atoms with van der Waals surface area (Å²) in [6, 6.07) is 21.6. The van der Waals surface area contributed by atoms with E-state index in [0.717, 1.165) is 11.0 Å². The predicted molar refractivity (Wildman–Crippen MR) is 118 cm³/mol. The molecule has 0 aliphatic carbocycles. The zero-order chi connectivity index (χ0) is 20.5. The zero-order valence-electron chi connectivity index (χ0n) is 16.0. The van der Waals surface area contributed by atoms with E-state index in [4.69, 9.17) is 28.9 Å². The van der Waals surface area contributed by atoms with E-state index >= 15 is 0 Å². The van der Waals surface area contributed by atoms with Crippen LogP contribution in [0.4, 0.5) is 5.95 Å². The van der Waals surface area contributed by atoms with Crippen molar-refractivity contribution in [2.24, 2.45) is 0 Å². The number of aliphatic hydroxyl groups is 1. The van der Waals surface area contributed by atoms with Gasteiger partial charge >= 0.3 is 5.95 Å². The number of nitrogens with two attached hydrogens (primary N) is 1. The van der Waals surface area contributed by atoms with Crippen molar-refractivity contribution >= 4 is 40.2 Å². The van der Waals surface area contributed by atoms with E-state index in [1.165, 1.54) is 11.1 Å². The first kappa shape index (κ1) is 19.8. The Labute approximate surface area is 179 Å². The van der Waals surface area contributed by atoms with Gasteiger partial charge in [-0.05, 0) is 42.3 Å². The molecule has 0 spiro atoms. The van der Waals surface area contributed by atoms with Gasteiger partial charge in [0.1, 0.15) is 23.7 Å². The largest absolute Gasteiger partial charge is 0.385 e. The van der Waals surface area contributed by atoms with Crippen molar-refractivity contribution in [1.82, 2.24) is 4.57 Å². The van der Waals surface area contributed by atoms with Gasteiger partial charge in [0.15, 0.2) is 0 Å². The van der Waals surface area contributed by atoms with Crippen molar-refractivity contribution in [3.05, 3.63) is 93.5 Å². The van der Waals surface area contributed by atoms with Gasteiger partial charge in [-0.2, -0.15) is 0 Å². The van der Waals surface area contributed by atoms with Gasteiger partial charge in [0.2, 0.25) is 0 Å². The van der Waals surface area contributed by atoms with E-state index < -0.39 is 6.10 Å². The summed E-state index contributed by atoms with van der Waals surface area (Å²) < 4.78 is 4.01. The first-order chi connectivity index (χ1) is 13.9. The van der Waals surface area contributed by atoms with Gasteiger partial charge in [-0.3, -0.25) is 5.73 Å². The predicted octanol–water partition coefficient (Wildman–Crippen LogP) is 4.91. The summed E-state index contributed by atoms with van der Waals surface area (Å²) in [5, 5.41) is 11.7. The number of aryl methyl sites for hydroxylation is 1. The van der Waals surface area contributed by atoms with Crippen LogP contribution in [0.3, 0.4) is 0 Å². The SMILES string of the molecule is Cc1ccc(C[n+]2c(N)n(CC(O)c3ccc(Cl)c(Cl)c3)c3ccccc32)cc1. The highest BCUT2D eigenvalue weighted by molar-refractivity contribution is 6.42. The Morgan fingerprint density at radius 2 is 1.72 bits per heavy atom. The molecule has 0 bridgehead atoms. The van der Waals surface area contributed by atoms with Crippen LogP contribution in [0.15, 0.2) is 66.7 Å². The van der Waals surface area contributed by atoms with Crippen LogP contribution in [0.2, 0.25) is 10.0 Å². The maximum atomic E-state index is 10.8. The van der Waals surface area contributed by atoms with Crippen molar-refractivity contribution in [3.8, 4) is 0 Å². The summed E-state index contributed by atoms with van der Waals surface area (Å²) in [7, 11) is 0. The molecular weight excluding hydrogens is 405 g/mol. The number of rotatable bonds is 5. The Kier molecular flexibility index (Phi) is 5.50. The molecule has 0 amide bonds. The number of nitrogen functional groups attached to an aromatic ring is 1. The van der Waals surface area contributed by atoms with Crippen LogP contribution < -0.4 is 10.3 Å². The summed E-state index contributed by atoms with van der Waals surface area (Å²) >= 11 is 12.1. The molecule has 0 aliphatic heterocycles. The van der Waals surface area contributed by atoms with Crippen molar-refractivity contribution in [2.75, 3.05) is 5.73 Å². The summed E-state index contributed by atoms with van der Waals surface area (Å²) in [4.78, 5) is 0. The Bertz CT molecular complexity index is 1170. The van der Waals surface area contributed by atoms with Crippen LogP contribution in [0.1, 0.15) is 22.8 Å². The number of fused-ring (bicyclic) bond motifs is 1. The van der Waals surface area contributed by atoms with E-state index in [0.29, 0.717) is 34.6 Å². The van der Waals surface area contributed by atoms with Gasteiger partial charge < -0.3 is 5.11 Å². The lowest BCUT2D eigenvalue weighted by molar-refractivity contribution is -0.648. The number of hydrogen-bond acceptors (Lipinski definition) is 2. The summed E-state index contributed by atoms with van der Waals surface area (Å²) in [6.07, 6.45) is -0.768. The van der Waals surface area contributed by atoms with Gasteiger partial charge in [0, 0.05) is 0 Å². The smallest absolute Gasteiger partial charge is 0.356 e. The van der Waals surface area contributed by atoms with E-state index in [9.17, 15) is 5.11 Å². The van der Waals surface area contributed by atoms with Gasteiger partial charge in [-0.15, -0.1) is 0 Å². The van der Waals surface area contributed by atoms with Crippen molar-refractivity contribution in [1.29, 1.82) is 0 Å². The lowest BCUT2D eigenvalue weighted by atomic mass is 10.1. The topological polar surface area (TPSA) is 55.1 Å². The molecule has 4 nitrogen and oxygen atoms in total. The number of benzene rings is 3. The number of halogens is 2. The van der Waals surface area contributed by atoms with Crippen LogP contribution in [-0.2, 0) is 13.1 Å². The maximum Gasteiger partial charge on any atom is 0.356 e. The molecule has 6 heteroatoms. The minimum absolute atomic E-state index is 0.311. The number of aliphatic hydroxyl groups excluding tert-OH is 1. The molecule has 0 fully saturated rings. The van der Waals surface area contributed by atoms with E-state index in [2.05, 4.69) is 35.8 Å². The lowest BCUT2D eigenvalue weighted by Crippen LogP contribution is -2.37. The van der Waals surface area contributed by atoms with Gasteiger partial charge in [0.25, 0.3) is 0 Å². The highest BCUT2D eigenvalue weighted by Gasteiger charge is 2.23. The van der Waals surface area contributed by atoms with Gasteiger partial charge in [-0.1, -0.05) is 71.2 Å². The monoisotopic (exact) mass is 426 g/mol. The number of hydrogen-bond donors (Lipinski definition) is 2. The van der Waals surface area contributed by atoms with Crippen LogP contribution in [0, 0.1) is 6.92 Å². The molecule has 29 heavy (non-hydrogen) atoms. The third-order valence-electron chi connectivity index (χ3n) is 5.16. The molecule has 0 saturated heterocycles. The first-order valence-corrected chi connectivity index (χ1v) is 10.1. The highest BCUT2D eigenvalue weighted by Crippen LogP contribution is 2.28. The second-order valence-electron chi connectivity index (χ2n) is 7.22. The lowest BCUT2D eigenvalue weighted by Gasteiger charge is -2.11. The molecule has 3 aromatic carbocycles. The van der Waals surface area contributed by atoms with Crippen LogP contribution >= 0.6 is 23.2 Å². The fourth-order valence-electron chi connectivity index (χ4n) is 3.55. The first-order valence-electron chi connectivity index (χ1n) is 9.39. The van der Waals surface area contributed by atoms with Gasteiger partial charge in [0.05, 0.1) is 16.6 Å². The molecule has 0 saturated carbocycles.